The number of nitrogens with zero attached hydrogens (tertiary/aromatic N) is 1. The van der Waals surface area contributed by atoms with Gasteiger partial charge in [-0.2, -0.15) is 0 Å². The van der Waals surface area contributed by atoms with Gasteiger partial charge in [0.25, 0.3) is 0 Å². The Morgan fingerprint density at radius 1 is 1.50 bits per heavy atom. The van der Waals surface area contributed by atoms with Gasteiger partial charge in [0.2, 0.25) is 0 Å². The molecule has 0 bridgehead atoms. The lowest BCUT2D eigenvalue weighted by Crippen LogP contribution is -2.01. The maximum absolute atomic E-state index is 13.8. The van der Waals surface area contributed by atoms with Crippen LogP contribution in [-0.4, -0.2) is 16.9 Å². The first kappa shape index (κ1) is 15.3. The van der Waals surface area contributed by atoms with Crippen LogP contribution in [0.2, 0.25) is 0 Å². The molecular weight excluding hydrogens is 267 g/mol. The number of rotatable bonds is 7. The van der Waals surface area contributed by atoms with Gasteiger partial charge in [-0.05, 0) is 43.4 Å². The van der Waals surface area contributed by atoms with Gasteiger partial charge >= 0.3 is 0 Å². The van der Waals surface area contributed by atoms with E-state index in [1.165, 1.54) is 11.6 Å². The van der Waals surface area contributed by atoms with Crippen LogP contribution in [0.15, 0.2) is 18.5 Å². The molecule has 0 saturated carbocycles. The first-order valence-electron chi connectivity index (χ1n) is 5.82. The highest BCUT2D eigenvalue weighted by molar-refractivity contribution is 7.79. The SMILES string of the molecule is Cc1cncc(F)c1/C(=C\C=S)CCCCNS. The highest BCUT2D eigenvalue weighted by Crippen LogP contribution is 2.25. The first-order chi connectivity index (χ1) is 8.70. The van der Waals surface area contributed by atoms with Crippen LogP contribution in [0.1, 0.15) is 30.4 Å². The first-order valence-corrected chi connectivity index (χ1v) is 6.74. The summed E-state index contributed by atoms with van der Waals surface area (Å²) in [6.07, 6.45) is 7.47. The van der Waals surface area contributed by atoms with Crippen LogP contribution < -0.4 is 4.72 Å². The van der Waals surface area contributed by atoms with Gasteiger partial charge in [0.1, 0.15) is 5.82 Å². The topological polar surface area (TPSA) is 24.9 Å². The van der Waals surface area contributed by atoms with Gasteiger partial charge in [-0.15, -0.1) is 0 Å². The summed E-state index contributed by atoms with van der Waals surface area (Å²) in [6.45, 7) is 2.70. The van der Waals surface area contributed by atoms with Crippen molar-refractivity contribution in [3.8, 4) is 0 Å². The second-order valence-electron chi connectivity index (χ2n) is 4.01. The van der Waals surface area contributed by atoms with Gasteiger partial charge in [0.15, 0.2) is 0 Å². The van der Waals surface area contributed by atoms with Gasteiger partial charge in [-0.25, -0.2) is 4.39 Å². The molecule has 0 saturated heterocycles. The van der Waals surface area contributed by atoms with Crippen molar-refractivity contribution in [2.24, 2.45) is 0 Å². The van der Waals surface area contributed by atoms with Crippen LogP contribution in [0.25, 0.3) is 5.57 Å². The van der Waals surface area contributed by atoms with E-state index in [9.17, 15) is 4.39 Å². The van der Waals surface area contributed by atoms with Crippen LogP contribution >= 0.6 is 25.0 Å². The largest absolute Gasteiger partial charge is 0.267 e. The van der Waals surface area contributed by atoms with Crippen molar-refractivity contribution in [2.75, 3.05) is 6.54 Å². The van der Waals surface area contributed by atoms with Crippen LogP contribution in [0.5, 0.6) is 0 Å². The molecular formula is C13H17FN2S2. The van der Waals surface area contributed by atoms with Gasteiger partial charge in [-0.1, -0.05) is 25.0 Å². The summed E-state index contributed by atoms with van der Waals surface area (Å²) in [5.74, 6) is -0.287. The number of thiol groups is 1. The predicted molar refractivity (Wildman–Crippen MR) is 81.4 cm³/mol. The normalized spacial score (nSPS) is 11.6. The Bertz CT molecular complexity index is 413. The number of hydrogen-bond donors (Lipinski definition) is 2. The van der Waals surface area contributed by atoms with Crippen LogP contribution in [0.4, 0.5) is 4.39 Å². The molecule has 1 N–H and O–H groups in total. The van der Waals surface area contributed by atoms with E-state index in [4.69, 9.17) is 12.2 Å². The molecule has 0 fully saturated rings. The molecule has 0 atom stereocenters. The van der Waals surface area contributed by atoms with Crippen molar-refractivity contribution < 1.29 is 4.39 Å². The van der Waals surface area contributed by atoms with Crippen molar-refractivity contribution >= 4 is 36.0 Å². The maximum atomic E-state index is 13.8. The van der Waals surface area contributed by atoms with Crippen LogP contribution in [0.3, 0.4) is 0 Å². The number of aryl methyl sites for hydroxylation is 1. The fraction of sp³-hybridized carbons (Fsp3) is 0.385. The fourth-order valence-electron chi connectivity index (χ4n) is 1.83. The lowest BCUT2D eigenvalue weighted by Gasteiger charge is -2.11. The molecule has 0 unspecified atom stereocenters. The van der Waals surface area contributed by atoms with Gasteiger partial charge < -0.3 is 0 Å². The van der Waals surface area contributed by atoms with E-state index in [1.807, 2.05) is 6.92 Å². The number of thiocarbonyl (C=S) groups is 1. The predicted octanol–water partition coefficient (Wildman–Crippen LogP) is 3.52. The molecule has 0 aliphatic carbocycles. The summed E-state index contributed by atoms with van der Waals surface area (Å²) in [7, 11) is 0. The molecule has 0 aromatic carbocycles. The van der Waals surface area contributed by atoms with Gasteiger partial charge in [0.05, 0.1) is 6.20 Å². The minimum absolute atomic E-state index is 0.287. The lowest BCUT2D eigenvalue weighted by atomic mass is 9.97. The number of hydrogen-bond acceptors (Lipinski definition) is 4. The van der Waals surface area contributed by atoms with E-state index in [1.54, 1.807) is 12.3 Å². The Kier molecular flexibility index (Phi) is 7.08. The zero-order valence-corrected chi connectivity index (χ0v) is 12.0. The summed E-state index contributed by atoms with van der Waals surface area (Å²) >= 11 is 8.79. The Morgan fingerprint density at radius 3 is 2.89 bits per heavy atom. The van der Waals surface area contributed by atoms with Crippen molar-refractivity contribution in [1.82, 2.24) is 9.71 Å². The number of unbranched alkanes of at least 4 members (excludes halogenated alkanes) is 1. The molecule has 0 spiro atoms. The molecule has 5 heteroatoms. The van der Waals surface area contributed by atoms with Crippen molar-refractivity contribution in [3.63, 3.8) is 0 Å². The van der Waals surface area contributed by atoms with E-state index in [2.05, 4.69) is 22.5 Å². The molecule has 1 aromatic rings. The minimum atomic E-state index is -0.287. The Labute approximate surface area is 118 Å². The van der Waals surface area contributed by atoms with E-state index in [0.717, 1.165) is 36.9 Å². The van der Waals surface area contributed by atoms with Crippen LogP contribution in [0, 0.1) is 12.7 Å². The zero-order valence-electron chi connectivity index (χ0n) is 10.3. The lowest BCUT2D eigenvalue weighted by molar-refractivity contribution is 0.614. The van der Waals surface area contributed by atoms with Crippen molar-refractivity contribution in [1.29, 1.82) is 0 Å². The molecule has 0 radical (unpaired) electrons. The second-order valence-corrected chi connectivity index (χ2v) is 4.59. The zero-order chi connectivity index (χ0) is 13.4. The number of nitrogens with one attached hydrogen (secondary N) is 1. The van der Waals surface area contributed by atoms with Gasteiger partial charge in [0, 0.05) is 23.7 Å². The molecule has 0 amide bonds. The third kappa shape index (κ3) is 4.48. The summed E-state index contributed by atoms with van der Waals surface area (Å²) in [6, 6.07) is 0. The number of pyridine rings is 1. The molecule has 98 valence electrons. The Balaban J connectivity index is 2.85. The molecule has 1 heterocycles. The van der Waals surface area contributed by atoms with Crippen molar-refractivity contribution in [3.05, 3.63) is 35.4 Å². The standard InChI is InChI=1S/C13H17FN2S2/c1-10-8-15-9-12(14)13(10)11(5-7-17)4-2-3-6-16-18/h5,7-9,16,18H,2-4,6H2,1H3/b11-5-. The molecule has 18 heavy (non-hydrogen) atoms. The highest BCUT2D eigenvalue weighted by Gasteiger charge is 2.10. The Hall–Kier alpha value is -0.780. The van der Waals surface area contributed by atoms with Gasteiger partial charge in [-0.3, -0.25) is 9.71 Å². The van der Waals surface area contributed by atoms with Crippen LogP contribution in [-0.2, 0) is 0 Å². The monoisotopic (exact) mass is 284 g/mol. The maximum Gasteiger partial charge on any atom is 0.149 e. The molecule has 1 rings (SSSR count). The summed E-state index contributed by atoms with van der Waals surface area (Å²) in [5, 5.41) is 1.53. The highest BCUT2D eigenvalue weighted by atomic mass is 32.1. The number of allylic oxidation sites excluding steroid dienone is 2. The second kappa shape index (κ2) is 8.34. The quantitative estimate of drug-likeness (QED) is 0.347. The van der Waals surface area contributed by atoms with E-state index in [0.29, 0.717) is 5.56 Å². The molecule has 1 aromatic heterocycles. The van der Waals surface area contributed by atoms with Crippen molar-refractivity contribution in [2.45, 2.75) is 26.2 Å². The molecule has 2 nitrogen and oxygen atoms in total. The minimum Gasteiger partial charge on any atom is -0.267 e. The summed E-state index contributed by atoms with van der Waals surface area (Å²) < 4.78 is 16.6. The molecule has 0 aliphatic rings. The third-order valence-electron chi connectivity index (χ3n) is 2.66. The third-order valence-corrected chi connectivity index (χ3v) is 3.02. The van der Waals surface area contributed by atoms with E-state index >= 15 is 0 Å². The summed E-state index contributed by atoms with van der Waals surface area (Å²) in [4.78, 5) is 3.84. The summed E-state index contributed by atoms with van der Waals surface area (Å²) in [5.41, 5.74) is 2.40. The smallest absolute Gasteiger partial charge is 0.149 e. The number of halogens is 1. The average molecular weight is 284 g/mol. The Morgan fingerprint density at radius 2 is 2.28 bits per heavy atom. The average Bonchev–Trinajstić information content (AvgIpc) is 2.34. The molecule has 0 aliphatic heterocycles. The number of aromatic nitrogens is 1. The van der Waals surface area contributed by atoms with E-state index < -0.39 is 0 Å². The fourth-order valence-corrected chi connectivity index (χ4v) is 2.15. The van der Waals surface area contributed by atoms with E-state index in [-0.39, 0.29) is 5.82 Å².